The van der Waals surface area contributed by atoms with Crippen LogP contribution in [0.15, 0.2) is 29.3 Å². The summed E-state index contributed by atoms with van der Waals surface area (Å²) in [6.07, 6.45) is -0.285. The number of hydrogen-bond acceptors (Lipinski definition) is 9. The van der Waals surface area contributed by atoms with E-state index >= 15 is 0 Å². The maximum absolute atomic E-state index is 13.1. The smallest absolute Gasteiger partial charge is 0.326 e. The first-order chi connectivity index (χ1) is 18.3. The van der Waals surface area contributed by atoms with E-state index in [0.29, 0.717) is 5.56 Å². The lowest BCUT2D eigenvalue weighted by molar-refractivity contribution is -0.142. The predicted molar refractivity (Wildman–Crippen MR) is 145 cm³/mol. The molecule has 0 radical (unpaired) electrons. The van der Waals surface area contributed by atoms with Crippen LogP contribution in [0.1, 0.15) is 31.2 Å². The number of carboxylic acids is 1. The third-order valence-corrected chi connectivity index (χ3v) is 5.81. The Bertz CT molecular complexity index is 1030. The molecule has 39 heavy (non-hydrogen) atoms. The van der Waals surface area contributed by atoms with Crippen molar-refractivity contribution in [2.24, 2.45) is 27.9 Å². The van der Waals surface area contributed by atoms with Gasteiger partial charge in [0.1, 0.15) is 23.9 Å². The van der Waals surface area contributed by atoms with Gasteiger partial charge in [0.25, 0.3) is 0 Å². The van der Waals surface area contributed by atoms with E-state index in [0.717, 1.165) is 0 Å². The predicted octanol–water partition coefficient (Wildman–Crippen LogP) is -2.95. The van der Waals surface area contributed by atoms with Crippen LogP contribution in [0.2, 0.25) is 0 Å². The van der Waals surface area contributed by atoms with E-state index in [1.54, 1.807) is 0 Å². The van der Waals surface area contributed by atoms with Gasteiger partial charge in [0.2, 0.25) is 23.6 Å². The Balaban J connectivity index is 3.10. The first-order valence-corrected chi connectivity index (χ1v) is 12.6. The third kappa shape index (κ3) is 12.8. The molecule has 4 unspecified atom stereocenters. The number of carbonyl (C=O) groups excluding carboxylic acids is 4. The highest BCUT2D eigenvalue weighted by molar-refractivity contribution is 7.80. The van der Waals surface area contributed by atoms with Gasteiger partial charge in [-0.3, -0.25) is 24.2 Å². The van der Waals surface area contributed by atoms with Crippen molar-refractivity contribution in [2.45, 2.75) is 56.3 Å². The number of hydrogen-bond donors (Lipinski definition) is 10. The molecule has 15 nitrogen and oxygen atoms in total. The Hall–Kier alpha value is -4.05. The number of nitrogens with zero attached hydrogens (tertiary/aromatic N) is 1. The van der Waals surface area contributed by atoms with Crippen molar-refractivity contribution >= 4 is 48.2 Å². The molecule has 0 aliphatic carbocycles. The average molecular weight is 569 g/mol. The third-order valence-electron chi connectivity index (χ3n) is 5.41. The van der Waals surface area contributed by atoms with Crippen molar-refractivity contribution in [3.05, 3.63) is 29.8 Å². The highest BCUT2D eigenvalue weighted by atomic mass is 32.1. The number of benzene rings is 1. The van der Waals surface area contributed by atoms with E-state index in [2.05, 4.69) is 33.6 Å². The molecule has 1 aromatic rings. The lowest BCUT2D eigenvalue weighted by Crippen LogP contribution is -2.57. The minimum Gasteiger partial charge on any atom is -0.508 e. The topological polar surface area (TPSA) is 278 Å². The van der Waals surface area contributed by atoms with Crippen molar-refractivity contribution in [2.75, 3.05) is 12.3 Å². The van der Waals surface area contributed by atoms with Gasteiger partial charge in [0.05, 0.1) is 6.04 Å². The molecule has 4 atom stereocenters. The van der Waals surface area contributed by atoms with Gasteiger partial charge in [-0.05, 0) is 37.0 Å². The molecule has 0 aliphatic rings. The fraction of sp³-hybridized carbons (Fsp3) is 0.478. The molecule has 1 aromatic carbocycles. The fourth-order valence-corrected chi connectivity index (χ4v) is 3.47. The van der Waals surface area contributed by atoms with Crippen LogP contribution in [0.3, 0.4) is 0 Å². The molecule has 0 saturated carbocycles. The number of nitrogens with two attached hydrogens (primary N) is 4. The average Bonchev–Trinajstić information content (AvgIpc) is 2.87. The molecule has 1 rings (SSSR count). The first kappa shape index (κ1) is 33.0. The molecular formula is C23H36N8O7S. The van der Waals surface area contributed by atoms with E-state index in [1.807, 2.05) is 0 Å². The maximum atomic E-state index is 13.1. The maximum Gasteiger partial charge on any atom is 0.326 e. The second kappa shape index (κ2) is 16.7. The molecule has 16 heteroatoms. The number of carbonyl (C=O) groups is 5. The van der Waals surface area contributed by atoms with Crippen molar-refractivity contribution < 1.29 is 34.2 Å². The van der Waals surface area contributed by atoms with Gasteiger partial charge in [0, 0.05) is 25.1 Å². The molecule has 0 aliphatic heterocycles. The molecule has 0 fully saturated rings. The van der Waals surface area contributed by atoms with E-state index in [-0.39, 0.29) is 56.1 Å². The van der Waals surface area contributed by atoms with Crippen LogP contribution in [0.5, 0.6) is 5.75 Å². The summed E-state index contributed by atoms with van der Waals surface area (Å²) in [4.78, 5) is 65.4. The molecule has 4 amide bonds. The number of nitrogens with one attached hydrogen (secondary N) is 3. The van der Waals surface area contributed by atoms with E-state index in [1.165, 1.54) is 24.3 Å². The molecule has 0 heterocycles. The van der Waals surface area contributed by atoms with Crippen LogP contribution in [0.25, 0.3) is 0 Å². The Morgan fingerprint density at radius 2 is 1.41 bits per heavy atom. The van der Waals surface area contributed by atoms with Crippen molar-refractivity contribution in [3.8, 4) is 5.75 Å². The van der Waals surface area contributed by atoms with Crippen molar-refractivity contribution in [1.29, 1.82) is 0 Å². The first-order valence-electron chi connectivity index (χ1n) is 12.0. The van der Waals surface area contributed by atoms with E-state index in [9.17, 15) is 34.2 Å². The standard InChI is InChI=1S/C23H36N8O7S/c24-14(11-39)19(34)29-16(7-8-18(25)33)21(36)30-15(2-1-9-28-23(26)27)20(35)31-17(22(37)38)10-12-3-5-13(32)6-4-12/h3-6,14-17,32,39H,1-2,7-11,24H2,(H2,25,33)(H,29,34)(H,30,36)(H,31,35)(H,37,38)(H4,26,27,28). The van der Waals surface area contributed by atoms with Crippen LogP contribution in [-0.2, 0) is 30.4 Å². The second-order valence-electron chi connectivity index (χ2n) is 8.64. The van der Waals surface area contributed by atoms with Gasteiger partial charge in [-0.25, -0.2) is 4.79 Å². The van der Waals surface area contributed by atoms with Gasteiger partial charge in [-0.2, -0.15) is 12.6 Å². The Morgan fingerprint density at radius 1 is 0.872 bits per heavy atom. The monoisotopic (exact) mass is 568 g/mol. The largest absolute Gasteiger partial charge is 0.508 e. The Morgan fingerprint density at radius 3 is 1.92 bits per heavy atom. The normalized spacial score (nSPS) is 13.7. The number of carboxylic acid groups (broad SMARTS) is 1. The van der Waals surface area contributed by atoms with Crippen LogP contribution >= 0.6 is 12.6 Å². The summed E-state index contributed by atoms with van der Waals surface area (Å²) >= 11 is 3.94. The summed E-state index contributed by atoms with van der Waals surface area (Å²) in [5, 5.41) is 26.4. The quantitative estimate of drug-likeness (QED) is 0.0394. The number of amides is 4. The zero-order valence-electron chi connectivity index (χ0n) is 21.2. The highest BCUT2D eigenvalue weighted by Gasteiger charge is 2.30. The van der Waals surface area contributed by atoms with Gasteiger partial charge < -0.3 is 49.1 Å². The molecule has 0 bridgehead atoms. The molecule has 216 valence electrons. The van der Waals surface area contributed by atoms with Crippen molar-refractivity contribution in [3.63, 3.8) is 0 Å². The number of thiol groups is 1. The zero-order chi connectivity index (χ0) is 29.5. The molecule has 0 saturated heterocycles. The van der Waals surface area contributed by atoms with Crippen LogP contribution in [-0.4, -0.2) is 82.2 Å². The van der Waals surface area contributed by atoms with Gasteiger partial charge in [-0.15, -0.1) is 0 Å². The van der Waals surface area contributed by atoms with Crippen LogP contribution in [0.4, 0.5) is 0 Å². The summed E-state index contributed by atoms with van der Waals surface area (Å²) in [5.74, 6) is -4.57. The highest BCUT2D eigenvalue weighted by Crippen LogP contribution is 2.12. The lowest BCUT2D eigenvalue weighted by atomic mass is 10.0. The Labute approximate surface area is 230 Å². The van der Waals surface area contributed by atoms with E-state index in [4.69, 9.17) is 22.9 Å². The van der Waals surface area contributed by atoms with Gasteiger partial charge in [0.15, 0.2) is 5.96 Å². The van der Waals surface area contributed by atoms with Crippen LogP contribution < -0.4 is 38.9 Å². The van der Waals surface area contributed by atoms with Gasteiger partial charge in [-0.1, -0.05) is 12.1 Å². The second-order valence-corrected chi connectivity index (χ2v) is 9.00. The summed E-state index contributed by atoms with van der Waals surface area (Å²) in [6.45, 7) is 0.122. The Kier molecular flexibility index (Phi) is 14.1. The van der Waals surface area contributed by atoms with Gasteiger partial charge >= 0.3 is 5.97 Å². The minimum atomic E-state index is -1.36. The summed E-state index contributed by atoms with van der Waals surface area (Å²) in [7, 11) is 0. The fourth-order valence-electron chi connectivity index (χ4n) is 3.30. The number of aliphatic imine (C=N–C) groups is 1. The number of aliphatic carboxylic acids is 1. The summed E-state index contributed by atoms with van der Waals surface area (Å²) < 4.78 is 0. The molecule has 0 spiro atoms. The number of aromatic hydroxyl groups is 1. The summed E-state index contributed by atoms with van der Waals surface area (Å²) in [6, 6.07) is 0.855. The lowest BCUT2D eigenvalue weighted by Gasteiger charge is -2.25. The molecule has 13 N–H and O–H groups in total. The molecular weight excluding hydrogens is 532 g/mol. The van der Waals surface area contributed by atoms with Crippen LogP contribution in [0, 0.1) is 0 Å². The number of guanidine groups is 1. The number of phenolic OH excluding ortho intramolecular Hbond substituents is 1. The number of primary amides is 1. The SMILES string of the molecule is NC(=O)CCC(NC(=O)C(N)CS)C(=O)NC(CCCN=C(N)N)C(=O)NC(Cc1ccc(O)cc1)C(=O)O. The number of rotatable bonds is 17. The van der Waals surface area contributed by atoms with E-state index < -0.39 is 53.8 Å². The molecule has 0 aromatic heterocycles. The zero-order valence-corrected chi connectivity index (χ0v) is 22.1. The minimum absolute atomic E-state index is 0.00649. The van der Waals surface area contributed by atoms with Crippen molar-refractivity contribution in [1.82, 2.24) is 16.0 Å². The summed E-state index contributed by atoms with van der Waals surface area (Å²) in [5.41, 5.74) is 22.0. The number of phenols is 1.